The van der Waals surface area contributed by atoms with E-state index in [1.54, 1.807) is 51.1 Å². The average Bonchev–Trinajstić information content (AvgIpc) is 2.42. The summed E-state index contributed by atoms with van der Waals surface area (Å²) in [6.07, 6.45) is -2.67. The number of rotatable bonds is 5. The van der Waals surface area contributed by atoms with Crippen LogP contribution in [0.2, 0.25) is 0 Å². The van der Waals surface area contributed by atoms with E-state index >= 15 is 0 Å². The van der Waals surface area contributed by atoms with E-state index in [0.717, 1.165) is 0 Å². The molecule has 0 saturated carbocycles. The monoisotopic (exact) mass is 309 g/mol. The number of carbonyl (C=O) groups is 2. The van der Waals surface area contributed by atoms with Crippen LogP contribution in [0.4, 0.5) is 0 Å². The van der Waals surface area contributed by atoms with Crippen molar-refractivity contribution in [1.29, 1.82) is 0 Å². The molecule has 1 unspecified atom stereocenters. The molecule has 0 radical (unpaired) electrons. The second-order valence-electron chi connectivity index (χ2n) is 6.08. The molecule has 1 amide bonds. The molecule has 6 heteroatoms. The van der Waals surface area contributed by atoms with E-state index in [0.29, 0.717) is 5.56 Å². The van der Waals surface area contributed by atoms with Gasteiger partial charge in [0.05, 0.1) is 6.10 Å². The highest BCUT2D eigenvalue weighted by molar-refractivity contribution is 5.96. The van der Waals surface area contributed by atoms with Crippen LogP contribution in [-0.4, -0.2) is 45.9 Å². The highest BCUT2D eigenvalue weighted by atomic mass is 16.6. The Morgan fingerprint density at radius 2 is 1.68 bits per heavy atom. The Balaban J connectivity index is 2.91. The third-order valence-electron chi connectivity index (χ3n) is 2.82. The van der Waals surface area contributed by atoms with Gasteiger partial charge in [0.1, 0.15) is 11.7 Å². The van der Waals surface area contributed by atoms with Gasteiger partial charge >= 0.3 is 5.97 Å². The van der Waals surface area contributed by atoms with Crippen molar-refractivity contribution in [3.8, 4) is 0 Å². The maximum Gasteiger partial charge on any atom is 0.332 e. The molecule has 1 rings (SSSR count). The van der Waals surface area contributed by atoms with Gasteiger partial charge < -0.3 is 20.3 Å². The zero-order chi connectivity index (χ0) is 16.9. The minimum absolute atomic E-state index is 0.342. The highest BCUT2D eigenvalue weighted by Crippen LogP contribution is 2.12. The maximum absolute atomic E-state index is 12.2. The lowest BCUT2D eigenvalue weighted by molar-refractivity contribution is -0.162. The minimum atomic E-state index is -1.47. The Kier molecular flexibility index (Phi) is 6.08. The number of amides is 1. The number of nitrogens with one attached hydrogen (secondary N) is 1. The Labute approximate surface area is 130 Å². The van der Waals surface area contributed by atoms with Crippen LogP contribution in [0.1, 0.15) is 38.1 Å². The molecule has 3 N–H and O–H groups in total. The fourth-order valence-corrected chi connectivity index (χ4v) is 1.74. The molecule has 0 fully saturated rings. The number of aliphatic hydroxyl groups is 2. The number of carbonyl (C=O) groups excluding carboxylic acids is 2. The van der Waals surface area contributed by atoms with Crippen LogP contribution in [0.25, 0.3) is 0 Å². The second kappa shape index (κ2) is 7.38. The average molecular weight is 309 g/mol. The van der Waals surface area contributed by atoms with Crippen molar-refractivity contribution in [2.24, 2.45) is 0 Å². The first-order valence-electron chi connectivity index (χ1n) is 7.06. The van der Waals surface area contributed by atoms with E-state index in [1.165, 1.54) is 6.92 Å². The smallest absolute Gasteiger partial charge is 0.332 e. The molecule has 0 aliphatic carbocycles. The van der Waals surface area contributed by atoms with Gasteiger partial charge in [-0.1, -0.05) is 18.2 Å². The van der Waals surface area contributed by atoms with Crippen molar-refractivity contribution in [2.45, 2.75) is 51.5 Å². The first kappa shape index (κ1) is 18.1. The van der Waals surface area contributed by atoms with Gasteiger partial charge in [0.2, 0.25) is 0 Å². The van der Waals surface area contributed by atoms with Crippen molar-refractivity contribution >= 4 is 11.9 Å². The molecule has 0 aromatic heterocycles. The summed E-state index contributed by atoms with van der Waals surface area (Å²) in [7, 11) is 0. The van der Waals surface area contributed by atoms with E-state index in [9.17, 15) is 19.8 Å². The largest absolute Gasteiger partial charge is 0.458 e. The Morgan fingerprint density at radius 3 is 2.14 bits per heavy atom. The molecule has 22 heavy (non-hydrogen) atoms. The van der Waals surface area contributed by atoms with E-state index in [2.05, 4.69) is 5.32 Å². The molecule has 0 aliphatic rings. The summed E-state index contributed by atoms with van der Waals surface area (Å²) in [5.41, 5.74) is -0.431. The Hall–Kier alpha value is -1.92. The fraction of sp³-hybridized carbons (Fsp3) is 0.500. The molecule has 3 atom stereocenters. The highest BCUT2D eigenvalue weighted by Gasteiger charge is 2.35. The van der Waals surface area contributed by atoms with Crippen molar-refractivity contribution in [3.63, 3.8) is 0 Å². The maximum atomic E-state index is 12.2. The van der Waals surface area contributed by atoms with Crippen LogP contribution in [-0.2, 0) is 9.53 Å². The molecule has 0 bridgehead atoms. The minimum Gasteiger partial charge on any atom is -0.458 e. The van der Waals surface area contributed by atoms with Crippen molar-refractivity contribution in [1.82, 2.24) is 5.32 Å². The molecule has 0 aliphatic heterocycles. The molecule has 0 spiro atoms. The molecular weight excluding hydrogens is 286 g/mol. The standard InChI is InChI=1S/C16H23NO5/c1-10(18)13(19)12(15(21)22-16(2,3)4)17-14(20)11-8-6-5-7-9-11/h5-10,12-13,18-19H,1-4H3,(H,17,20)/t10?,12-,13-/m0/s1. The first-order valence-corrected chi connectivity index (χ1v) is 7.06. The number of ether oxygens (including phenoxy) is 1. The van der Waals surface area contributed by atoms with Gasteiger partial charge in [-0.3, -0.25) is 4.79 Å². The molecule has 1 aromatic carbocycles. The topological polar surface area (TPSA) is 95.9 Å². The molecule has 0 heterocycles. The number of hydrogen-bond acceptors (Lipinski definition) is 5. The van der Waals surface area contributed by atoms with Crippen molar-refractivity contribution in [3.05, 3.63) is 35.9 Å². The van der Waals surface area contributed by atoms with E-state index in [1.807, 2.05) is 0 Å². The SMILES string of the molecule is CC(O)[C@H](O)[C@H](NC(=O)c1ccccc1)C(=O)OC(C)(C)C. The fourth-order valence-electron chi connectivity index (χ4n) is 1.74. The quantitative estimate of drug-likeness (QED) is 0.701. The van der Waals surface area contributed by atoms with Crippen LogP contribution in [0, 0.1) is 0 Å². The van der Waals surface area contributed by atoms with Gasteiger partial charge in [0, 0.05) is 5.56 Å². The Bertz CT molecular complexity index is 507. The summed E-state index contributed by atoms with van der Waals surface area (Å²) in [4.78, 5) is 24.3. The van der Waals surface area contributed by atoms with E-state index in [-0.39, 0.29) is 0 Å². The third kappa shape index (κ3) is 5.46. The van der Waals surface area contributed by atoms with E-state index in [4.69, 9.17) is 4.74 Å². The van der Waals surface area contributed by atoms with Crippen LogP contribution in [0.5, 0.6) is 0 Å². The van der Waals surface area contributed by atoms with Gasteiger partial charge in [-0.25, -0.2) is 4.79 Å². The van der Waals surface area contributed by atoms with Gasteiger partial charge in [-0.15, -0.1) is 0 Å². The molecule has 1 aromatic rings. The van der Waals surface area contributed by atoms with Gasteiger partial charge in [-0.05, 0) is 39.8 Å². The molecule has 6 nitrogen and oxygen atoms in total. The summed E-state index contributed by atoms with van der Waals surface area (Å²) in [6, 6.07) is 6.93. The normalized spacial score (nSPS) is 15.5. The first-order chi connectivity index (χ1) is 10.1. The van der Waals surface area contributed by atoms with Gasteiger partial charge in [0.25, 0.3) is 5.91 Å². The summed E-state index contributed by atoms with van der Waals surface area (Å²) < 4.78 is 5.18. The van der Waals surface area contributed by atoms with Crippen LogP contribution in [0.15, 0.2) is 30.3 Å². The summed E-state index contributed by atoms with van der Waals surface area (Å²) in [5.74, 6) is -1.33. The van der Waals surface area contributed by atoms with Crippen LogP contribution in [0.3, 0.4) is 0 Å². The summed E-state index contributed by atoms with van der Waals surface area (Å²) >= 11 is 0. The predicted octanol–water partition coefficient (Wildman–Crippen LogP) is 0.868. The summed E-state index contributed by atoms with van der Waals surface area (Å²) in [5, 5.41) is 21.9. The lowest BCUT2D eigenvalue weighted by atomic mass is 10.1. The number of hydrogen-bond donors (Lipinski definition) is 3. The molecule has 0 saturated heterocycles. The predicted molar refractivity (Wildman–Crippen MR) is 81.2 cm³/mol. The number of benzene rings is 1. The van der Waals surface area contributed by atoms with Crippen molar-refractivity contribution in [2.75, 3.05) is 0 Å². The van der Waals surface area contributed by atoms with Gasteiger partial charge in [-0.2, -0.15) is 0 Å². The molecular formula is C16H23NO5. The summed E-state index contributed by atoms with van der Waals surface area (Å²) in [6.45, 7) is 6.36. The third-order valence-corrected chi connectivity index (χ3v) is 2.82. The van der Waals surface area contributed by atoms with Crippen LogP contribution < -0.4 is 5.32 Å². The van der Waals surface area contributed by atoms with Crippen LogP contribution >= 0.6 is 0 Å². The zero-order valence-electron chi connectivity index (χ0n) is 13.2. The second-order valence-corrected chi connectivity index (χ2v) is 6.08. The lowest BCUT2D eigenvalue weighted by Crippen LogP contribution is -2.54. The van der Waals surface area contributed by atoms with Crippen molar-refractivity contribution < 1.29 is 24.5 Å². The lowest BCUT2D eigenvalue weighted by Gasteiger charge is -2.28. The molecule has 122 valence electrons. The number of aliphatic hydroxyl groups excluding tert-OH is 2. The number of esters is 1. The zero-order valence-corrected chi connectivity index (χ0v) is 13.2. The Morgan fingerprint density at radius 1 is 1.14 bits per heavy atom. The van der Waals surface area contributed by atoms with E-state index < -0.39 is 35.7 Å². The van der Waals surface area contributed by atoms with Gasteiger partial charge in [0.15, 0.2) is 6.04 Å².